The Morgan fingerprint density at radius 2 is 1.38 bits per heavy atom. The molecule has 2 heterocycles. The molecule has 45 heavy (non-hydrogen) atoms. The first-order chi connectivity index (χ1) is 22.0. The maximum absolute atomic E-state index is 7.05. The van der Waals surface area contributed by atoms with Gasteiger partial charge in [-0.2, -0.15) is 0 Å². The molecule has 1 aliphatic rings. The Kier molecular flexibility index (Phi) is 15.6. The van der Waals surface area contributed by atoms with Crippen molar-refractivity contribution in [1.82, 2.24) is 0 Å². The van der Waals surface area contributed by atoms with Crippen molar-refractivity contribution in [3.05, 3.63) is 69.1 Å². The molecule has 0 amide bonds. The third-order valence-electron chi connectivity index (χ3n) is 8.57. The van der Waals surface area contributed by atoms with Crippen molar-refractivity contribution in [1.29, 1.82) is 0 Å². The van der Waals surface area contributed by atoms with E-state index in [-0.39, 0.29) is 30.5 Å². The van der Waals surface area contributed by atoms with E-state index in [1.165, 1.54) is 15.0 Å². The lowest BCUT2D eigenvalue weighted by molar-refractivity contribution is -0.268. The number of fused-ring (bicyclic) bond motifs is 1. The highest BCUT2D eigenvalue weighted by Crippen LogP contribution is 2.41. The second-order valence-corrected chi connectivity index (χ2v) is 13.9. The second kappa shape index (κ2) is 19.3. The van der Waals surface area contributed by atoms with Crippen LogP contribution in [-0.4, -0.2) is 57.5 Å². The predicted molar refractivity (Wildman–Crippen MR) is 188 cm³/mol. The van der Waals surface area contributed by atoms with Crippen LogP contribution >= 0.6 is 22.9 Å². The van der Waals surface area contributed by atoms with E-state index < -0.39 is 0 Å². The number of thiophene rings is 1. The van der Waals surface area contributed by atoms with E-state index in [0.29, 0.717) is 33.0 Å². The average Bonchev–Trinajstić information content (AvgIpc) is 3.45. The molecule has 5 atom stereocenters. The first-order valence-corrected chi connectivity index (χ1v) is 18.5. The van der Waals surface area contributed by atoms with E-state index in [2.05, 4.69) is 77.1 Å². The third kappa shape index (κ3) is 10.2. The Balaban J connectivity index is 1.71. The van der Waals surface area contributed by atoms with Crippen LogP contribution in [-0.2, 0) is 30.1 Å². The van der Waals surface area contributed by atoms with Gasteiger partial charge in [0.05, 0.1) is 6.61 Å². The summed E-state index contributed by atoms with van der Waals surface area (Å²) in [5.74, 6) is 0. The first-order valence-electron chi connectivity index (χ1n) is 17.3. The summed E-state index contributed by atoms with van der Waals surface area (Å²) in [5, 5.41) is 2.05. The molecule has 1 aliphatic heterocycles. The molecule has 250 valence electrons. The number of benzene rings is 2. The minimum Gasteiger partial charge on any atom is -0.379 e. The van der Waals surface area contributed by atoms with E-state index in [4.69, 9.17) is 35.3 Å². The fraction of sp³-hybridized carbons (Fsp3) is 0.632. The number of halogens is 1. The monoisotopic (exact) mass is 658 g/mol. The number of hydrogen-bond donors (Lipinski definition) is 0. The fourth-order valence-corrected chi connectivity index (χ4v) is 7.27. The molecular formula is C38H55ClO5S. The molecule has 0 unspecified atom stereocenters. The lowest BCUT2D eigenvalue weighted by atomic mass is 9.87. The van der Waals surface area contributed by atoms with E-state index >= 15 is 0 Å². The van der Waals surface area contributed by atoms with Gasteiger partial charge in [-0.25, -0.2) is 0 Å². The van der Waals surface area contributed by atoms with E-state index in [1.807, 2.05) is 11.3 Å². The normalized spacial score (nSPS) is 22.0. The molecule has 1 saturated heterocycles. The summed E-state index contributed by atoms with van der Waals surface area (Å²) in [6, 6.07) is 15.2. The van der Waals surface area contributed by atoms with Crippen LogP contribution in [0, 0.1) is 6.92 Å². The lowest BCUT2D eigenvalue weighted by Crippen LogP contribution is -2.58. The van der Waals surface area contributed by atoms with Crippen LogP contribution in [0.1, 0.15) is 107 Å². The van der Waals surface area contributed by atoms with Crippen molar-refractivity contribution in [2.24, 2.45) is 0 Å². The van der Waals surface area contributed by atoms with Gasteiger partial charge in [0, 0.05) is 47.4 Å². The van der Waals surface area contributed by atoms with Crippen LogP contribution in [0.25, 0.3) is 10.1 Å². The number of aryl methyl sites for hydroxylation is 1. The summed E-state index contributed by atoms with van der Waals surface area (Å²) in [7, 11) is 0. The van der Waals surface area contributed by atoms with E-state index in [9.17, 15) is 0 Å². The third-order valence-corrected chi connectivity index (χ3v) is 10.0. The summed E-state index contributed by atoms with van der Waals surface area (Å²) in [4.78, 5) is 1.29. The first kappa shape index (κ1) is 36.3. The maximum atomic E-state index is 7.05. The largest absolute Gasteiger partial charge is 0.379 e. The molecule has 1 fully saturated rings. The van der Waals surface area contributed by atoms with Crippen molar-refractivity contribution in [3.63, 3.8) is 0 Å². The minimum absolute atomic E-state index is 0.273. The minimum atomic E-state index is -0.335. The zero-order valence-corrected chi connectivity index (χ0v) is 29.7. The number of unbranched alkanes of at least 4 members (excludes halogenated alkanes) is 4. The second-order valence-electron chi connectivity index (χ2n) is 12.3. The van der Waals surface area contributed by atoms with Gasteiger partial charge >= 0.3 is 0 Å². The summed E-state index contributed by atoms with van der Waals surface area (Å²) in [6.45, 7) is 14.0. The van der Waals surface area contributed by atoms with Crippen molar-refractivity contribution in [2.45, 2.75) is 123 Å². The van der Waals surface area contributed by atoms with Gasteiger partial charge in [0.25, 0.3) is 0 Å². The Bertz CT molecular complexity index is 1250. The topological polar surface area (TPSA) is 46.2 Å². The van der Waals surface area contributed by atoms with Gasteiger partial charge in [0.15, 0.2) is 0 Å². The van der Waals surface area contributed by atoms with Gasteiger partial charge in [0.1, 0.15) is 30.5 Å². The zero-order valence-electron chi connectivity index (χ0n) is 28.2. The summed E-state index contributed by atoms with van der Waals surface area (Å²) < 4.78 is 34.6. The Morgan fingerprint density at radius 3 is 2.04 bits per heavy atom. The molecule has 0 aliphatic carbocycles. The van der Waals surface area contributed by atoms with Crippen LogP contribution in [0.5, 0.6) is 0 Å². The molecule has 4 rings (SSSR count). The molecule has 5 nitrogen and oxygen atoms in total. The van der Waals surface area contributed by atoms with Gasteiger partial charge in [-0.15, -0.1) is 11.3 Å². The van der Waals surface area contributed by atoms with Crippen molar-refractivity contribution in [2.75, 3.05) is 33.0 Å². The molecule has 0 spiro atoms. The standard InChI is InChI=1S/C38H55ClO5S/c1-6-10-18-40-26-33-36(41-19-11-7-2)38(43-21-13-9-4)37(42-20-12-8-3)35(44-33)31-25-29(32(39)22-27(31)5)24-30-23-28-16-14-15-17-34(28)45-30/h14-17,22-23,25,33,35-38H,6-13,18-21,24,26H2,1-5H3/t33-,35+,36-,37+,38+/m1/s1. The smallest absolute Gasteiger partial charge is 0.117 e. The fourth-order valence-electron chi connectivity index (χ4n) is 5.90. The summed E-state index contributed by atoms with van der Waals surface area (Å²) in [5.41, 5.74) is 3.30. The highest BCUT2D eigenvalue weighted by atomic mass is 35.5. The summed E-state index contributed by atoms with van der Waals surface area (Å²) >= 11 is 8.76. The van der Waals surface area contributed by atoms with E-state index in [1.54, 1.807) is 0 Å². The van der Waals surface area contributed by atoms with Crippen LogP contribution in [0.15, 0.2) is 42.5 Å². The zero-order chi connectivity index (χ0) is 32.0. The molecule has 7 heteroatoms. The van der Waals surface area contributed by atoms with Crippen LogP contribution in [0.4, 0.5) is 0 Å². The Hall–Kier alpha value is -1.51. The Morgan fingerprint density at radius 1 is 0.756 bits per heavy atom. The number of rotatable bonds is 20. The van der Waals surface area contributed by atoms with Crippen LogP contribution < -0.4 is 0 Å². The average molecular weight is 659 g/mol. The predicted octanol–water partition coefficient (Wildman–Crippen LogP) is 10.3. The lowest BCUT2D eigenvalue weighted by Gasteiger charge is -2.47. The molecule has 2 aromatic carbocycles. The molecule has 0 saturated carbocycles. The van der Waals surface area contributed by atoms with Gasteiger partial charge in [-0.1, -0.05) is 89.2 Å². The van der Waals surface area contributed by atoms with Crippen molar-refractivity contribution in [3.8, 4) is 0 Å². The highest BCUT2D eigenvalue weighted by Gasteiger charge is 2.49. The molecule has 3 aromatic rings. The molecule has 0 radical (unpaired) electrons. The van der Waals surface area contributed by atoms with Gasteiger partial charge < -0.3 is 23.7 Å². The van der Waals surface area contributed by atoms with Gasteiger partial charge in [0.2, 0.25) is 0 Å². The van der Waals surface area contributed by atoms with E-state index in [0.717, 1.165) is 79.5 Å². The highest BCUT2D eigenvalue weighted by molar-refractivity contribution is 7.19. The molecule has 1 aromatic heterocycles. The molecular weight excluding hydrogens is 604 g/mol. The van der Waals surface area contributed by atoms with Gasteiger partial charge in [-0.3, -0.25) is 0 Å². The van der Waals surface area contributed by atoms with Crippen molar-refractivity contribution < 1.29 is 23.7 Å². The van der Waals surface area contributed by atoms with Crippen LogP contribution in [0.3, 0.4) is 0 Å². The van der Waals surface area contributed by atoms with Gasteiger partial charge in [-0.05, 0) is 72.9 Å². The summed E-state index contributed by atoms with van der Waals surface area (Å²) in [6.07, 6.45) is 7.55. The SMILES string of the molecule is CCCCOC[C@H]1O[C@@H](c2cc(Cc3cc4ccccc4s3)c(Cl)cc2C)[C@H](OCCCC)[C@@H](OCCCC)[C@@H]1OCCCC. The van der Waals surface area contributed by atoms with Crippen molar-refractivity contribution >= 4 is 33.0 Å². The maximum Gasteiger partial charge on any atom is 0.117 e. The number of hydrogen-bond acceptors (Lipinski definition) is 6. The number of ether oxygens (including phenoxy) is 5. The quantitative estimate of drug-likeness (QED) is 0.113. The molecule has 0 N–H and O–H groups in total. The Labute approximate surface area is 280 Å². The van der Waals surface area contributed by atoms with Crippen LogP contribution in [0.2, 0.25) is 5.02 Å². The molecule has 0 bridgehead atoms.